The van der Waals surface area contributed by atoms with Crippen molar-refractivity contribution in [3.8, 4) is 11.5 Å². The highest BCUT2D eigenvalue weighted by atomic mass is 16.6. The van der Waals surface area contributed by atoms with Gasteiger partial charge in [-0.2, -0.15) is 0 Å². The van der Waals surface area contributed by atoms with E-state index < -0.39 is 34.8 Å². The maximum absolute atomic E-state index is 12.9. The van der Waals surface area contributed by atoms with Gasteiger partial charge >= 0.3 is 5.97 Å². The van der Waals surface area contributed by atoms with Crippen LogP contribution < -0.4 is 9.47 Å². The highest BCUT2D eigenvalue weighted by molar-refractivity contribution is 6.13. The first-order valence-corrected chi connectivity index (χ1v) is 14.7. The number of nitrogens with zero attached hydrogens (tertiary/aromatic N) is 1. The minimum Gasteiger partial charge on any atom is -0.491 e. The topological polar surface area (TPSA) is 115 Å². The number of carbonyl (C=O) groups is 3. The molecule has 2 unspecified atom stereocenters. The van der Waals surface area contributed by atoms with Gasteiger partial charge in [0.1, 0.15) is 43.5 Å². The Morgan fingerprint density at radius 2 is 1.33 bits per heavy atom. The first-order chi connectivity index (χ1) is 20.2. The Morgan fingerprint density at radius 3 is 1.79 bits per heavy atom. The van der Waals surface area contributed by atoms with Crippen LogP contribution in [0.4, 0.5) is 0 Å². The third-order valence-electron chi connectivity index (χ3n) is 8.25. The molecule has 9 nitrogen and oxygen atoms in total. The summed E-state index contributed by atoms with van der Waals surface area (Å²) in [6.45, 7) is 15.7. The Hall–Kier alpha value is -3.69. The molecular formula is C34H45NO8. The predicted molar refractivity (Wildman–Crippen MR) is 163 cm³/mol. The van der Waals surface area contributed by atoms with Crippen LogP contribution in [0.5, 0.6) is 11.5 Å². The van der Waals surface area contributed by atoms with Gasteiger partial charge in [0, 0.05) is 17.6 Å². The quantitative estimate of drug-likeness (QED) is 0.199. The van der Waals surface area contributed by atoms with E-state index in [9.17, 15) is 19.5 Å². The Bertz CT molecular complexity index is 1270. The lowest BCUT2D eigenvalue weighted by Gasteiger charge is -2.44. The summed E-state index contributed by atoms with van der Waals surface area (Å²) in [4.78, 5) is 38.4. The highest BCUT2D eigenvalue weighted by Crippen LogP contribution is 2.39. The second-order valence-corrected chi connectivity index (χ2v) is 12.0. The van der Waals surface area contributed by atoms with E-state index >= 15 is 0 Å². The average molecular weight is 596 g/mol. The van der Waals surface area contributed by atoms with Crippen molar-refractivity contribution in [1.29, 1.82) is 0 Å². The van der Waals surface area contributed by atoms with E-state index in [2.05, 4.69) is 26.0 Å². The van der Waals surface area contributed by atoms with E-state index in [1.54, 1.807) is 27.7 Å². The van der Waals surface area contributed by atoms with Gasteiger partial charge in [-0.05, 0) is 63.1 Å². The monoisotopic (exact) mass is 595 g/mol. The van der Waals surface area contributed by atoms with Gasteiger partial charge in [-0.1, -0.05) is 52.0 Å². The third kappa shape index (κ3) is 7.83. The Kier molecular flexibility index (Phi) is 10.8. The Balaban J connectivity index is 0.00000248. The fraction of sp³-hybridized carbons (Fsp3) is 0.500. The molecule has 0 bridgehead atoms. The van der Waals surface area contributed by atoms with Crippen LogP contribution in [0.25, 0.3) is 0 Å². The first-order valence-electron chi connectivity index (χ1n) is 14.7. The minimum atomic E-state index is -1.23. The van der Waals surface area contributed by atoms with E-state index in [1.165, 1.54) is 12.2 Å². The Labute approximate surface area is 254 Å². The molecule has 2 aliphatic rings. The number of aliphatic hydroxyl groups is 1. The molecule has 0 aromatic heterocycles. The minimum absolute atomic E-state index is 0.0831. The number of epoxide rings is 1. The maximum atomic E-state index is 12.9. The number of benzene rings is 2. The van der Waals surface area contributed by atoms with Crippen LogP contribution in [-0.4, -0.2) is 72.0 Å². The summed E-state index contributed by atoms with van der Waals surface area (Å²) in [5.41, 5.74) is -0.411. The molecule has 0 saturated carbocycles. The molecule has 2 heterocycles. The molecule has 1 saturated heterocycles. The van der Waals surface area contributed by atoms with Crippen molar-refractivity contribution in [3.63, 3.8) is 0 Å². The zero-order valence-electron chi connectivity index (χ0n) is 26.5. The van der Waals surface area contributed by atoms with Crippen LogP contribution in [0.1, 0.15) is 66.5 Å². The summed E-state index contributed by atoms with van der Waals surface area (Å²) >= 11 is 0. The van der Waals surface area contributed by atoms with Crippen molar-refractivity contribution in [2.24, 2.45) is 5.41 Å². The van der Waals surface area contributed by atoms with Gasteiger partial charge in [-0.3, -0.25) is 19.3 Å². The number of ether oxygens (including phenoxy) is 4. The lowest BCUT2D eigenvalue weighted by Crippen LogP contribution is -2.59. The molecule has 2 aromatic carbocycles. The molecule has 0 spiro atoms. The summed E-state index contributed by atoms with van der Waals surface area (Å²) in [6.07, 6.45) is 1.50. The summed E-state index contributed by atoms with van der Waals surface area (Å²) in [5.74, 6) is -0.217. The lowest BCUT2D eigenvalue weighted by atomic mass is 9.73. The molecule has 234 valence electrons. The molecule has 4 rings (SSSR count). The van der Waals surface area contributed by atoms with E-state index in [0.29, 0.717) is 12.4 Å². The van der Waals surface area contributed by atoms with Crippen LogP contribution in [-0.2, 0) is 29.3 Å². The molecular weight excluding hydrogens is 550 g/mol. The van der Waals surface area contributed by atoms with Crippen molar-refractivity contribution in [1.82, 2.24) is 4.90 Å². The Morgan fingerprint density at radius 1 is 0.860 bits per heavy atom. The van der Waals surface area contributed by atoms with E-state index in [-0.39, 0.29) is 24.7 Å². The van der Waals surface area contributed by atoms with Gasteiger partial charge in [0.25, 0.3) is 11.8 Å². The van der Waals surface area contributed by atoms with Gasteiger partial charge < -0.3 is 24.1 Å². The van der Waals surface area contributed by atoms with Crippen LogP contribution in [0.15, 0.2) is 60.7 Å². The van der Waals surface area contributed by atoms with Crippen molar-refractivity contribution in [2.75, 3.05) is 26.4 Å². The molecule has 2 amide bonds. The number of aliphatic hydroxyl groups excluding tert-OH is 1. The van der Waals surface area contributed by atoms with Gasteiger partial charge in [-0.15, -0.1) is 0 Å². The molecule has 9 heteroatoms. The number of rotatable bonds is 13. The molecule has 1 fully saturated rings. The zero-order chi connectivity index (χ0) is 32.0. The van der Waals surface area contributed by atoms with Gasteiger partial charge in [0.05, 0.1) is 17.6 Å². The fourth-order valence-electron chi connectivity index (χ4n) is 4.53. The first kappa shape index (κ1) is 33.8. The third-order valence-corrected chi connectivity index (χ3v) is 8.25. The number of carbonyl (C=O) groups excluding carboxylic acids is 3. The SMILES string of the molecule is CC.CC(C)(c1ccc(OCC(O)COC(=O)C(C)(C)C(C)(C)N2C(=O)C=CC2=O)cc1)c1ccc(OCC2CO2)cc1. The van der Waals surface area contributed by atoms with Gasteiger partial charge in [0.2, 0.25) is 0 Å². The van der Waals surface area contributed by atoms with Crippen LogP contribution >= 0.6 is 0 Å². The number of hydrogen-bond donors (Lipinski definition) is 1. The normalized spacial score (nSPS) is 17.2. The number of esters is 1. The van der Waals surface area contributed by atoms with Crippen LogP contribution in [0, 0.1) is 5.41 Å². The average Bonchev–Trinajstić information content (AvgIpc) is 3.76. The summed E-state index contributed by atoms with van der Waals surface area (Å²) in [5, 5.41) is 10.4. The predicted octanol–water partition coefficient (Wildman–Crippen LogP) is 4.83. The fourth-order valence-corrected chi connectivity index (χ4v) is 4.53. The van der Waals surface area contributed by atoms with Gasteiger partial charge in [-0.25, -0.2) is 0 Å². The van der Waals surface area contributed by atoms with Crippen molar-refractivity contribution in [2.45, 2.75) is 78.6 Å². The molecule has 1 N–H and O–H groups in total. The maximum Gasteiger partial charge on any atom is 0.313 e. The molecule has 0 aliphatic carbocycles. The van der Waals surface area contributed by atoms with E-state index in [1.807, 2.05) is 50.2 Å². The second kappa shape index (κ2) is 13.7. The van der Waals surface area contributed by atoms with Gasteiger partial charge in [0.15, 0.2) is 0 Å². The molecule has 2 aromatic rings. The van der Waals surface area contributed by atoms with E-state index in [4.69, 9.17) is 18.9 Å². The standard InChI is InChI=1S/C32H39NO8.C2H6/c1-30(2,22-9-13-25(14-10-22)39-19-26-20-40-26)21-7-11-24(12-8-21)38-17-23(34)18-41-29(37)31(3,4)32(5,6)33-27(35)15-16-28(33)36;1-2/h7-16,23,26,34H,17-20H2,1-6H3;1-2H3. The number of amides is 2. The zero-order valence-corrected chi connectivity index (χ0v) is 26.5. The second-order valence-electron chi connectivity index (χ2n) is 12.0. The summed E-state index contributed by atoms with van der Waals surface area (Å²) in [7, 11) is 0. The van der Waals surface area contributed by atoms with Crippen LogP contribution in [0.2, 0.25) is 0 Å². The molecule has 43 heavy (non-hydrogen) atoms. The molecule has 2 aliphatic heterocycles. The highest BCUT2D eigenvalue weighted by Gasteiger charge is 2.52. The smallest absolute Gasteiger partial charge is 0.313 e. The largest absolute Gasteiger partial charge is 0.491 e. The summed E-state index contributed by atoms with van der Waals surface area (Å²) in [6, 6.07) is 15.7. The molecule has 2 atom stereocenters. The lowest BCUT2D eigenvalue weighted by molar-refractivity contribution is -0.169. The van der Waals surface area contributed by atoms with Crippen molar-refractivity contribution < 1.29 is 38.4 Å². The van der Waals surface area contributed by atoms with E-state index in [0.717, 1.165) is 28.4 Å². The van der Waals surface area contributed by atoms with Crippen molar-refractivity contribution >= 4 is 17.8 Å². The van der Waals surface area contributed by atoms with Crippen molar-refractivity contribution in [3.05, 3.63) is 71.8 Å². The molecule has 0 radical (unpaired) electrons. The van der Waals surface area contributed by atoms with Crippen LogP contribution in [0.3, 0.4) is 0 Å². The number of imide groups is 1. The number of hydrogen-bond acceptors (Lipinski definition) is 8. The summed E-state index contributed by atoms with van der Waals surface area (Å²) < 4.78 is 22.0.